The Hall–Kier alpha value is -7.94. The second-order valence-corrected chi connectivity index (χ2v) is 25.5. The Morgan fingerprint density at radius 2 is 0.732 bits per heavy atom. The van der Waals surface area contributed by atoms with Crippen molar-refractivity contribution in [1.29, 1.82) is 0 Å². The lowest BCUT2D eigenvalue weighted by Crippen LogP contribution is -2.01. The van der Waals surface area contributed by atoms with Crippen LogP contribution in [-0.2, 0) is 62.9 Å². The smallest absolute Gasteiger partial charge is 0.303 e. The molecule has 7 aromatic rings. The van der Waals surface area contributed by atoms with E-state index in [1.165, 1.54) is 84.9 Å². The molecule has 426 valence electrons. The van der Waals surface area contributed by atoms with Gasteiger partial charge in [0.05, 0.1) is 64.4 Å². The third-order valence-electron chi connectivity index (χ3n) is 15.0. The summed E-state index contributed by atoms with van der Waals surface area (Å²) >= 11 is 0. The van der Waals surface area contributed by atoms with Crippen LogP contribution in [0.25, 0.3) is 88.9 Å². The molecule has 20 nitrogen and oxygen atoms in total. The number of nitrogens with one attached hydrogen (secondary N) is 2. The molecule has 9 rings (SSSR count). The summed E-state index contributed by atoms with van der Waals surface area (Å²) < 4.78 is 141. The number of aromatic nitrogens is 4. The number of hydrogen-bond acceptors (Lipinski definition) is 12. The lowest BCUT2D eigenvalue weighted by Gasteiger charge is -2.12. The molecule has 8 bridgehead atoms. The van der Waals surface area contributed by atoms with Crippen molar-refractivity contribution in [2.75, 3.05) is 0 Å². The quantitative estimate of drug-likeness (QED) is 0.0417. The van der Waals surface area contributed by atoms with Gasteiger partial charge in [0, 0.05) is 35.1 Å². The molecule has 0 spiro atoms. The summed E-state index contributed by atoms with van der Waals surface area (Å²) in [6.07, 6.45) is -0.583. The first kappa shape index (κ1) is 58.7. The van der Waals surface area contributed by atoms with Crippen LogP contribution in [0.4, 0.5) is 0 Å². The van der Waals surface area contributed by atoms with Crippen molar-refractivity contribution in [3.8, 4) is 44.5 Å². The molecule has 3 aromatic heterocycles. The number of carboxylic acids is 2. The van der Waals surface area contributed by atoms with Gasteiger partial charge in [-0.05, 0) is 169 Å². The third-order valence-corrected chi connectivity index (χ3v) is 18.4. The van der Waals surface area contributed by atoms with Gasteiger partial charge in [0.25, 0.3) is 40.5 Å². The van der Waals surface area contributed by atoms with Gasteiger partial charge in [-0.25, -0.2) is 9.97 Å². The minimum atomic E-state index is -4.78. The Labute approximate surface area is 472 Å². The van der Waals surface area contributed by atoms with Crippen molar-refractivity contribution in [1.82, 2.24) is 19.9 Å². The topological polar surface area (TPSA) is 349 Å². The third kappa shape index (κ3) is 11.0. The van der Waals surface area contributed by atoms with E-state index < -0.39 is 79.9 Å². The van der Waals surface area contributed by atoms with E-state index >= 15 is 0 Å². The lowest BCUT2D eigenvalue weighted by atomic mass is 9.90. The van der Waals surface area contributed by atoms with Gasteiger partial charge >= 0.3 is 11.9 Å². The zero-order valence-corrected chi connectivity index (χ0v) is 48.0. The standard InChI is InChI=1S/C58H54N4O16S4/c1-7-41-29(3)53-49(35-13-21-39(22-14-35)81(73,74)75)56-42(8-2)30(4)52(60-56)48(34-11-19-38(20-12-34)80(70,71)72)54-31(5)43(25-27-45(63)64)57(61-54)50(36-15-23-40(24-16-36)82(76,77)78)58-44(26-28-46(65)66)47(55(62-58)32(6)51(41)59-53)33-9-17-37(18-10-33)79(67,68)69/h9-24,60,62H,7-8,25-28H2,1-6H3,(H,63,64)(H,65,66)(H,67,68,69)(H,70,71,72)(H,73,74,75)(H,76,77,78). The highest BCUT2D eigenvalue weighted by molar-refractivity contribution is 7.86. The first-order valence-electron chi connectivity index (χ1n) is 25.5. The summed E-state index contributed by atoms with van der Waals surface area (Å²) in [7, 11) is -18.9. The Kier molecular flexibility index (Phi) is 15.6. The molecule has 0 aliphatic carbocycles. The molecule has 0 amide bonds. The maximum Gasteiger partial charge on any atom is 0.303 e. The van der Waals surface area contributed by atoms with E-state index in [0.717, 1.165) is 23.3 Å². The van der Waals surface area contributed by atoms with E-state index in [0.29, 0.717) is 108 Å². The molecule has 4 aromatic carbocycles. The van der Waals surface area contributed by atoms with E-state index in [1.54, 1.807) is 13.8 Å². The number of aromatic amines is 2. The van der Waals surface area contributed by atoms with Gasteiger partial charge in [0.2, 0.25) is 0 Å². The van der Waals surface area contributed by atoms with Crippen molar-refractivity contribution < 1.29 is 71.7 Å². The molecule has 8 N–H and O–H groups in total. The highest BCUT2D eigenvalue weighted by Crippen LogP contribution is 2.49. The van der Waals surface area contributed by atoms with E-state index in [9.17, 15) is 71.7 Å². The molecular weight excluding hydrogens is 1140 g/mol. The Morgan fingerprint density at radius 3 is 1.11 bits per heavy atom. The number of aliphatic carboxylic acids is 2. The summed E-state index contributed by atoms with van der Waals surface area (Å²) in [5.41, 5.74) is 9.93. The Morgan fingerprint density at radius 1 is 0.402 bits per heavy atom. The van der Waals surface area contributed by atoms with Crippen LogP contribution in [0.3, 0.4) is 0 Å². The van der Waals surface area contributed by atoms with Gasteiger partial charge < -0.3 is 20.2 Å². The molecular formula is C58H54N4O16S4. The van der Waals surface area contributed by atoms with Crippen LogP contribution in [0.2, 0.25) is 0 Å². The van der Waals surface area contributed by atoms with E-state index in [4.69, 9.17) is 9.97 Å². The van der Waals surface area contributed by atoms with Gasteiger partial charge in [0.15, 0.2) is 0 Å². The predicted octanol–water partition coefficient (Wildman–Crippen LogP) is 11.3. The van der Waals surface area contributed by atoms with Crippen LogP contribution in [0.5, 0.6) is 0 Å². The molecule has 2 aliphatic rings. The fourth-order valence-electron chi connectivity index (χ4n) is 11.0. The van der Waals surface area contributed by atoms with Crippen molar-refractivity contribution in [3.63, 3.8) is 0 Å². The number of carboxylic acid groups (broad SMARTS) is 2. The number of H-pyrrole nitrogens is 2. The molecule has 0 unspecified atom stereocenters. The van der Waals surface area contributed by atoms with Crippen LogP contribution in [-0.4, -0.2) is 94.0 Å². The fourth-order valence-corrected chi connectivity index (χ4v) is 12.9. The number of aryl methyl sites for hydroxylation is 4. The first-order chi connectivity index (χ1) is 38.4. The Balaban J connectivity index is 1.66. The minimum absolute atomic E-state index is 0.132. The summed E-state index contributed by atoms with van der Waals surface area (Å²) in [6.45, 7) is 11.1. The molecule has 0 radical (unpaired) electrons. The van der Waals surface area contributed by atoms with Gasteiger partial charge in [-0.3, -0.25) is 27.8 Å². The number of nitrogens with zero attached hydrogens (tertiary/aromatic N) is 2. The predicted molar refractivity (Wildman–Crippen MR) is 309 cm³/mol. The molecule has 5 heterocycles. The second-order valence-electron chi connectivity index (χ2n) is 19.8. The SMILES string of the molecule is CCC1=C(C)c2nc1c(C)c1[nH]c(c(CCC(=O)O)c1-c1ccc(S(=O)(=O)O)cc1)c(-c1ccc(S(=O)(=O)O)cc1)c1nc(c(-c3ccc(S(=O)(=O)O)cc3)c3[nH]c(c(CC)c3C)c2-c2ccc(S(=O)(=O)O)cc2)C(C)=C1CCC(=O)O. The van der Waals surface area contributed by atoms with Crippen LogP contribution in [0.15, 0.2) is 117 Å². The van der Waals surface area contributed by atoms with Crippen molar-refractivity contribution >= 4 is 96.8 Å². The molecule has 0 atom stereocenters. The number of allylic oxidation sites excluding steroid dienone is 4. The zero-order chi connectivity index (χ0) is 59.7. The monoisotopic (exact) mass is 1190 g/mol. The highest BCUT2D eigenvalue weighted by Gasteiger charge is 2.32. The van der Waals surface area contributed by atoms with Gasteiger partial charge in [0.1, 0.15) is 0 Å². The maximum absolute atomic E-state index is 12.8. The number of rotatable bonds is 16. The molecule has 0 fully saturated rings. The highest BCUT2D eigenvalue weighted by atomic mass is 32.2. The second kappa shape index (κ2) is 21.8. The summed E-state index contributed by atoms with van der Waals surface area (Å²) in [5.74, 6) is -2.40. The zero-order valence-electron chi connectivity index (χ0n) is 44.8. The van der Waals surface area contributed by atoms with Crippen LogP contribution >= 0.6 is 0 Å². The molecule has 24 heteroatoms. The summed E-state index contributed by atoms with van der Waals surface area (Å²) in [6, 6.07) is 21.2. The van der Waals surface area contributed by atoms with E-state index in [2.05, 4.69) is 9.97 Å². The summed E-state index contributed by atoms with van der Waals surface area (Å²) in [4.78, 5) is 41.9. The first-order valence-corrected chi connectivity index (χ1v) is 31.2. The summed E-state index contributed by atoms with van der Waals surface area (Å²) in [5, 5.41) is 20.8. The number of carbonyl (C=O) groups is 2. The van der Waals surface area contributed by atoms with Crippen LogP contribution in [0, 0.1) is 13.8 Å². The van der Waals surface area contributed by atoms with Crippen LogP contribution < -0.4 is 0 Å². The Bertz CT molecular complexity index is 4580. The molecule has 82 heavy (non-hydrogen) atoms. The van der Waals surface area contributed by atoms with E-state index in [-0.39, 0.29) is 45.8 Å². The lowest BCUT2D eigenvalue weighted by molar-refractivity contribution is -0.137. The fraction of sp³-hybridized carbons (Fsp3) is 0.207. The minimum Gasteiger partial charge on any atom is -0.481 e. The molecule has 0 saturated carbocycles. The van der Waals surface area contributed by atoms with Gasteiger partial charge in [-0.1, -0.05) is 62.4 Å². The molecule has 2 aliphatic heterocycles. The molecule has 0 saturated heterocycles. The largest absolute Gasteiger partial charge is 0.481 e. The number of benzene rings is 4. The van der Waals surface area contributed by atoms with Crippen molar-refractivity contribution in [2.45, 2.75) is 99.6 Å². The number of fused-ring (bicyclic) bond motifs is 8. The normalized spacial score (nSPS) is 13.3. The average molecular weight is 1190 g/mol. The number of hydrogen-bond donors (Lipinski definition) is 8. The average Bonchev–Trinajstić information content (AvgIpc) is 4.33. The van der Waals surface area contributed by atoms with Gasteiger partial charge in [-0.15, -0.1) is 0 Å². The van der Waals surface area contributed by atoms with Gasteiger partial charge in [-0.2, -0.15) is 33.7 Å². The van der Waals surface area contributed by atoms with Crippen molar-refractivity contribution in [2.24, 2.45) is 0 Å². The van der Waals surface area contributed by atoms with Crippen molar-refractivity contribution in [3.05, 3.63) is 142 Å². The maximum atomic E-state index is 12.8. The van der Waals surface area contributed by atoms with E-state index in [1.807, 2.05) is 27.7 Å². The van der Waals surface area contributed by atoms with Crippen LogP contribution in [0.1, 0.15) is 98.4 Å².